The summed E-state index contributed by atoms with van der Waals surface area (Å²) in [7, 11) is 2.56. The number of H-pyrrole nitrogens is 1. The first-order valence-electron chi connectivity index (χ1n) is 14.5. The molecule has 1 saturated heterocycles. The highest BCUT2D eigenvalue weighted by molar-refractivity contribution is 7.16. The molecule has 1 atom stereocenters. The third-order valence-electron chi connectivity index (χ3n) is 7.64. The van der Waals surface area contributed by atoms with Crippen LogP contribution in [0.3, 0.4) is 0 Å². The number of carbonyl (C=O) groups excluding carboxylic acids is 3. The molecule has 2 aliphatic rings. The van der Waals surface area contributed by atoms with Crippen molar-refractivity contribution < 1.29 is 28.2 Å². The van der Waals surface area contributed by atoms with Crippen LogP contribution in [0.15, 0.2) is 78.5 Å². The lowest BCUT2D eigenvalue weighted by Gasteiger charge is -2.19. The first kappa shape index (κ1) is 30.8. The number of ketones is 1. The van der Waals surface area contributed by atoms with Gasteiger partial charge < -0.3 is 25.5 Å². The van der Waals surface area contributed by atoms with E-state index >= 15 is 0 Å². The summed E-state index contributed by atoms with van der Waals surface area (Å²) in [5.41, 5.74) is 7.91. The van der Waals surface area contributed by atoms with Crippen LogP contribution in [-0.4, -0.2) is 50.8 Å². The molecule has 2 aromatic heterocycles. The van der Waals surface area contributed by atoms with Gasteiger partial charge in [0.05, 0.1) is 35.4 Å². The molecule has 4 aromatic rings. The fourth-order valence-electron chi connectivity index (χ4n) is 5.29. The summed E-state index contributed by atoms with van der Waals surface area (Å²) in [6.45, 7) is 5.41. The normalized spacial score (nSPS) is 15.9. The van der Waals surface area contributed by atoms with Crippen molar-refractivity contribution in [2.24, 2.45) is 0 Å². The Morgan fingerprint density at radius 1 is 1.13 bits per heavy atom. The molecule has 0 spiro atoms. The van der Waals surface area contributed by atoms with Crippen LogP contribution in [0.2, 0.25) is 0 Å². The summed E-state index contributed by atoms with van der Waals surface area (Å²) in [6.07, 6.45) is 9.11. The minimum Gasteiger partial charge on any atom is -0.491 e. The van der Waals surface area contributed by atoms with Crippen LogP contribution in [-0.2, 0) is 4.79 Å². The molecule has 6 rings (SSSR count). The number of halogens is 1. The van der Waals surface area contributed by atoms with E-state index < -0.39 is 29.1 Å². The maximum atomic E-state index is 14.3. The Morgan fingerprint density at radius 2 is 1.91 bits per heavy atom. The summed E-state index contributed by atoms with van der Waals surface area (Å²) in [5, 5.41) is 7.70. The lowest BCUT2D eigenvalue weighted by Crippen LogP contribution is -2.40. The molecule has 1 aliphatic carbocycles. The van der Waals surface area contributed by atoms with Crippen molar-refractivity contribution in [2.75, 3.05) is 23.4 Å². The summed E-state index contributed by atoms with van der Waals surface area (Å²) < 4.78 is 27.4. The van der Waals surface area contributed by atoms with Gasteiger partial charge in [-0.05, 0) is 87.5 Å². The van der Waals surface area contributed by atoms with Crippen molar-refractivity contribution in [1.82, 2.24) is 20.1 Å². The first-order chi connectivity index (χ1) is 22.0. The maximum Gasteiger partial charge on any atom is 0.329 e. The van der Waals surface area contributed by atoms with Crippen molar-refractivity contribution in [3.8, 4) is 17.2 Å². The lowest BCUT2D eigenvalue weighted by atomic mass is 10.1. The molecule has 0 radical (unpaired) electrons. The molecule has 236 valence electrons. The Balaban J connectivity index is 1.30. The van der Waals surface area contributed by atoms with Crippen LogP contribution in [0.4, 0.5) is 20.7 Å². The number of aryl methyl sites for hydroxylation is 1. The number of carbonyl (C=O) groups is 3. The van der Waals surface area contributed by atoms with Gasteiger partial charge in [0, 0.05) is 10.9 Å². The molecular weight excluding hydrogens is 610 g/mol. The van der Waals surface area contributed by atoms with Crippen LogP contribution >= 0.6 is 9.24 Å². The van der Waals surface area contributed by atoms with E-state index in [4.69, 9.17) is 15.2 Å². The number of aromatic amines is 1. The Bertz CT molecular complexity index is 2010. The van der Waals surface area contributed by atoms with Gasteiger partial charge in [-0.1, -0.05) is 12.2 Å². The van der Waals surface area contributed by atoms with E-state index in [9.17, 15) is 18.8 Å². The molecule has 11 nitrogen and oxygen atoms in total. The number of hydrogen-bond acceptors (Lipinski definition) is 7. The number of aromatic nitrogens is 3. The monoisotopic (exact) mass is 642 g/mol. The number of nitrogen functional groups attached to an aromatic ring is 1. The highest BCUT2D eigenvalue weighted by Crippen LogP contribution is 2.37. The molecule has 1 fully saturated rings. The summed E-state index contributed by atoms with van der Waals surface area (Å²) in [6, 6.07) is 9.54. The maximum absolute atomic E-state index is 14.3. The topological polar surface area (TPSA) is 145 Å². The van der Waals surface area contributed by atoms with Gasteiger partial charge in [0.1, 0.15) is 22.9 Å². The number of fused-ring (bicyclic) bond motifs is 1. The van der Waals surface area contributed by atoms with Crippen LogP contribution in [0, 0.1) is 6.92 Å². The summed E-state index contributed by atoms with van der Waals surface area (Å²) in [4.78, 5) is 43.7. The van der Waals surface area contributed by atoms with Crippen LogP contribution in [0.5, 0.6) is 11.5 Å². The second-order valence-electron chi connectivity index (χ2n) is 11.4. The Labute approximate surface area is 266 Å². The number of benzene rings is 2. The van der Waals surface area contributed by atoms with Gasteiger partial charge in [0.2, 0.25) is 5.78 Å². The molecular formula is C33H32FN6O5P. The smallest absolute Gasteiger partial charge is 0.329 e. The SMILES string of the molecule is Cc1cc(OC2=C(F)C=CCC=C2)ccc1-n1ncc(C(=O)c2cc3cc(OCCP)c(N4C(=O)NC(C)(C)C4=O)cc3[nH]2)c1N. The van der Waals surface area contributed by atoms with Crippen molar-refractivity contribution in [1.29, 1.82) is 0 Å². The number of amides is 3. The number of ether oxygens (including phenoxy) is 2. The van der Waals surface area contributed by atoms with Crippen molar-refractivity contribution in [3.63, 3.8) is 0 Å². The van der Waals surface area contributed by atoms with E-state index in [2.05, 4.69) is 24.6 Å². The standard InChI is InChI=1S/C33H32FN6O5P/c1-18-13-20(45-27-8-6-4-5-7-22(27)34)9-10-25(18)40-30(35)21(17-36-40)29(41)24-14-19-15-28(44-11-12-46)26(16-23(19)37-24)39-31(42)33(2,3)38-32(39)43/h5-10,13-17,37H,4,11-12,35,46H2,1-3H3,(H,38,43). The average Bonchev–Trinajstić information content (AvgIpc) is 3.61. The van der Waals surface area contributed by atoms with Crippen molar-refractivity contribution >= 4 is 49.4 Å². The highest BCUT2D eigenvalue weighted by Gasteiger charge is 2.46. The number of anilines is 2. The predicted octanol–water partition coefficient (Wildman–Crippen LogP) is 5.64. The van der Waals surface area contributed by atoms with Gasteiger partial charge >= 0.3 is 6.03 Å². The number of nitrogens with two attached hydrogens (primary N) is 1. The van der Waals surface area contributed by atoms with Crippen molar-refractivity contribution in [3.05, 3.63) is 95.3 Å². The van der Waals surface area contributed by atoms with Gasteiger partial charge in [0.25, 0.3) is 5.91 Å². The van der Waals surface area contributed by atoms with Gasteiger partial charge in [0.15, 0.2) is 11.6 Å². The average molecular weight is 643 g/mol. The van der Waals surface area contributed by atoms with E-state index in [-0.39, 0.29) is 28.5 Å². The van der Waals surface area contributed by atoms with Gasteiger partial charge in [-0.25, -0.2) is 18.8 Å². The van der Waals surface area contributed by atoms with Crippen LogP contribution in [0.25, 0.3) is 16.6 Å². The number of rotatable bonds is 9. The minimum atomic E-state index is -1.08. The molecule has 46 heavy (non-hydrogen) atoms. The third-order valence-corrected chi connectivity index (χ3v) is 7.87. The van der Waals surface area contributed by atoms with Crippen LogP contribution in [0.1, 0.15) is 41.9 Å². The Morgan fingerprint density at radius 3 is 2.63 bits per heavy atom. The predicted molar refractivity (Wildman–Crippen MR) is 176 cm³/mol. The number of nitrogens with one attached hydrogen (secondary N) is 2. The Hall–Kier alpha value is -5.22. The van der Waals surface area contributed by atoms with E-state index in [0.29, 0.717) is 47.3 Å². The molecule has 1 aliphatic heterocycles. The fraction of sp³-hybridized carbons (Fsp3) is 0.212. The zero-order chi connectivity index (χ0) is 32.7. The van der Waals surface area contributed by atoms with Gasteiger partial charge in [-0.2, -0.15) is 5.10 Å². The molecule has 3 amide bonds. The molecule has 3 heterocycles. The fourth-order valence-corrected chi connectivity index (χ4v) is 5.41. The van der Waals surface area contributed by atoms with Gasteiger partial charge in [-0.15, -0.1) is 9.24 Å². The zero-order valence-corrected chi connectivity index (χ0v) is 26.5. The largest absolute Gasteiger partial charge is 0.491 e. The number of allylic oxidation sites excluding steroid dienone is 5. The second kappa shape index (κ2) is 11.9. The zero-order valence-electron chi connectivity index (χ0n) is 25.4. The second-order valence-corrected chi connectivity index (χ2v) is 12.0. The van der Waals surface area contributed by atoms with Gasteiger partial charge in [-0.3, -0.25) is 9.59 Å². The number of nitrogens with zero attached hydrogens (tertiary/aromatic N) is 3. The summed E-state index contributed by atoms with van der Waals surface area (Å²) in [5.74, 6) is -0.298. The molecule has 1 unspecified atom stereocenters. The lowest BCUT2D eigenvalue weighted by molar-refractivity contribution is -0.121. The number of imide groups is 1. The van der Waals surface area contributed by atoms with E-state index in [1.165, 1.54) is 17.0 Å². The number of hydrogen-bond donors (Lipinski definition) is 3. The molecule has 2 aromatic carbocycles. The number of urea groups is 1. The third kappa shape index (κ3) is 5.56. The molecule has 0 bridgehead atoms. The highest BCUT2D eigenvalue weighted by atomic mass is 31.0. The van der Waals surface area contributed by atoms with Crippen molar-refractivity contribution in [2.45, 2.75) is 32.7 Å². The van der Waals surface area contributed by atoms with E-state index in [1.807, 2.05) is 6.92 Å². The quantitative estimate of drug-likeness (QED) is 0.122. The van der Waals surface area contributed by atoms with E-state index in [1.54, 1.807) is 68.5 Å². The molecule has 4 N–H and O–H groups in total. The van der Waals surface area contributed by atoms with E-state index in [0.717, 1.165) is 10.5 Å². The summed E-state index contributed by atoms with van der Waals surface area (Å²) >= 11 is 0. The Kier molecular flexibility index (Phi) is 7.99. The molecule has 0 saturated carbocycles. The minimum absolute atomic E-state index is 0.111. The first-order valence-corrected chi connectivity index (χ1v) is 15.4. The van der Waals surface area contributed by atoms with Crippen LogP contribution < -0.4 is 25.4 Å². The molecule has 13 heteroatoms.